The number of ether oxygens (including phenoxy) is 4. The summed E-state index contributed by atoms with van der Waals surface area (Å²) in [4.78, 5) is 12.5. The summed E-state index contributed by atoms with van der Waals surface area (Å²) in [7, 11) is 0.915. The summed E-state index contributed by atoms with van der Waals surface area (Å²) in [5.41, 5.74) is 1.51. The highest BCUT2D eigenvalue weighted by Gasteiger charge is 2.22. The predicted molar refractivity (Wildman–Crippen MR) is 138 cm³/mol. The molecule has 0 heterocycles. The highest BCUT2D eigenvalue weighted by Crippen LogP contribution is 2.34. The van der Waals surface area contributed by atoms with Crippen LogP contribution in [0, 0.1) is 0 Å². The Morgan fingerprint density at radius 2 is 1.53 bits per heavy atom. The minimum atomic E-state index is -3.65. The fraction of sp³-hybridized carbons (Fsp3) is 0.269. The molecule has 1 amide bonds. The molecule has 3 aromatic carbocycles. The van der Waals surface area contributed by atoms with Gasteiger partial charge >= 0.3 is 0 Å². The van der Waals surface area contributed by atoms with E-state index in [9.17, 15) is 13.2 Å². The number of rotatable bonds is 12. The normalized spacial score (nSPS) is 10.9. The quantitative estimate of drug-likeness (QED) is 0.369. The Balaban J connectivity index is 1.63. The predicted octanol–water partition coefficient (Wildman–Crippen LogP) is 3.49. The average Bonchev–Trinajstić information content (AvgIpc) is 2.89. The zero-order valence-corrected chi connectivity index (χ0v) is 21.5. The minimum Gasteiger partial charge on any atom is -0.497 e. The molecular weight excluding hydrogens is 484 g/mol. The summed E-state index contributed by atoms with van der Waals surface area (Å²) in [5.74, 6) is 1.98. The van der Waals surface area contributed by atoms with Gasteiger partial charge in [0.25, 0.3) is 5.91 Å². The van der Waals surface area contributed by atoms with Crippen LogP contribution in [0.4, 0.5) is 5.69 Å². The molecule has 9 nitrogen and oxygen atoms in total. The zero-order chi connectivity index (χ0) is 26.1. The molecule has 0 fully saturated rings. The zero-order valence-electron chi connectivity index (χ0n) is 20.7. The smallest absolute Gasteiger partial charge is 0.251 e. The summed E-state index contributed by atoms with van der Waals surface area (Å²) in [6, 6.07) is 18.9. The molecule has 0 aromatic heterocycles. The molecule has 3 aromatic rings. The van der Waals surface area contributed by atoms with Crippen molar-refractivity contribution in [3.05, 3.63) is 77.9 Å². The van der Waals surface area contributed by atoms with Gasteiger partial charge in [0, 0.05) is 17.7 Å². The molecule has 0 aliphatic carbocycles. The van der Waals surface area contributed by atoms with Crippen LogP contribution in [0.25, 0.3) is 0 Å². The van der Waals surface area contributed by atoms with Crippen LogP contribution < -0.4 is 28.6 Å². The van der Waals surface area contributed by atoms with Gasteiger partial charge in [0.2, 0.25) is 10.0 Å². The Labute approximate surface area is 211 Å². The average molecular weight is 515 g/mol. The molecular formula is C26H30N2O7S. The SMILES string of the molecule is COc1cccc(OCCNC(=O)c2ccc(CN(c3cc(OC)ccc3OC)S(C)(=O)=O)cc2)c1. The molecule has 1 N–H and O–H groups in total. The molecule has 3 rings (SSSR count). The number of nitrogens with zero attached hydrogens (tertiary/aromatic N) is 1. The van der Waals surface area contributed by atoms with Gasteiger partial charge in [-0.25, -0.2) is 8.42 Å². The highest BCUT2D eigenvalue weighted by atomic mass is 32.2. The van der Waals surface area contributed by atoms with Crippen LogP contribution in [0.2, 0.25) is 0 Å². The van der Waals surface area contributed by atoms with Crippen LogP contribution in [0.15, 0.2) is 66.7 Å². The lowest BCUT2D eigenvalue weighted by Crippen LogP contribution is -2.30. The van der Waals surface area contributed by atoms with Gasteiger partial charge in [-0.2, -0.15) is 0 Å². The van der Waals surface area contributed by atoms with E-state index in [4.69, 9.17) is 18.9 Å². The number of sulfonamides is 1. The van der Waals surface area contributed by atoms with E-state index in [2.05, 4.69) is 5.32 Å². The lowest BCUT2D eigenvalue weighted by Gasteiger charge is -2.25. The van der Waals surface area contributed by atoms with E-state index in [1.165, 1.54) is 18.5 Å². The van der Waals surface area contributed by atoms with E-state index in [0.29, 0.717) is 53.0 Å². The maximum Gasteiger partial charge on any atom is 0.251 e. The first-order valence-corrected chi connectivity index (χ1v) is 12.9. The number of anilines is 1. The number of methoxy groups -OCH3 is 3. The summed E-state index contributed by atoms with van der Waals surface area (Å²) < 4.78 is 47.9. The molecule has 192 valence electrons. The number of carbonyl (C=O) groups is 1. The molecule has 0 atom stereocenters. The van der Waals surface area contributed by atoms with Gasteiger partial charge < -0.3 is 24.3 Å². The van der Waals surface area contributed by atoms with Gasteiger partial charge in [0.1, 0.15) is 29.6 Å². The summed E-state index contributed by atoms with van der Waals surface area (Å²) in [5, 5.41) is 2.80. The molecule has 10 heteroatoms. The lowest BCUT2D eigenvalue weighted by molar-refractivity contribution is 0.0947. The molecule has 0 aliphatic rings. The number of carbonyl (C=O) groups excluding carboxylic acids is 1. The number of hydrogen-bond acceptors (Lipinski definition) is 7. The van der Waals surface area contributed by atoms with E-state index in [1.807, 2.05) is 18.2 Å². The Hall–Kier alpha value is -3.92. The first-order chi connectivity index (χ1) is 17.2. The second kappa shape index (κ2) is 12.2. The van der Waals surface area contributed by atoms with E-state index in [1.54, 1.807) is 55.6 Å². The molecule has 0 unspecified atom stereocenters. The third-order valence-electron chi connectivity index (χ3n) is 5.29. The van der Waals surface area contributed by atoms with Gasteiger partial charge in [0.15, 0.2) is 0 Å². The van der Waals surface area contributed by atoms with Crippen molar-refractivity contribution in [1.29, 1.82) is 0 Å². The summed E-state index contributed by atoms with van der Waals surface area (Å²) in [6.45, 7) is 0.663. The standard InChI is InChI=1S/C26H30N2O7S/c1-32-21-6-5-7-23(16-21)35-15-14-27-26(29)20-10-8-19(9-11-20)18-28(36(4,30)31)24-17-22(33-2)12-13-25(24)34-3/h5-13,16-17H,14-15,18H2,1-4H3,(H,27,29). The largest absolute Gasteiger partial charge is 0.497 e. The molecule has 0 saturated heterocycles. The fourth-order valence-electron chi connectivity index (χ4n) is 3.43. The van der Waals surface area contributed by atoms with Crippen molar-refractivity contribution < 1.29 is 32.2 Å². The van der Waals surface area contributed by atoms with E-state index >= 15 is 0 Å². The van der Waals surface area contributed by atoms with Gasteiger partial charge in [-0.3, -0.25) is 9.10 Å². The highest BCUT2D eigenvalue weighted by molar-refractivity contribution is 7.92. The third kappa shape index (κ3) is 7.05. The molecule has 0 spiro atoms. The Morgan fingerprint density at radius 1 is 0.861 bits per heavy atom. The van der Waals surface area contributed by atoms with E-state index in [0.717, 1.165) is 6.26 Å². The van der Waals surface area contributed by atoms with E-state index < -0.39 is 10.0 Å². The molecule has 0 radical (unpaired) electrons. The van der Waals surface area contributed by atoms with Crippen molar-refractivity contribution in [2.75, 3.05) is 45.0 Å². The van der Waals surface area contributed by atoms with Crippen molar-refractivity contribution in [3.63, 3.8) is 0 Å². The third-order valence-corrected chi connectivity index (χ3v) is 6.42. The van der Waals surface area contributed by atoms with Crippen LogP contribution in [0.1, 0.15) is 15.9 Å². The topological polar surface area (TPSA) is 103 Å². The molecule has 36 heavy (non-hydrogen) atoms. The van der Waals surface area contributed by atoms with Crippen molar-refractivity contribution in [1.82, 2.24) is 5.32 Å². The lowest BCUT2D eigenvalue weighted by atomic mass is 10.1. The van der Waals surface area contributed by atoms with Crippen LogP contribution in [-0.2, 0) is 16.6 Å². The summed E-state index contributed by atoms with van der Waals surface area (Å²) >= 11 is 0. The van der Waals surface area contributed by atoms with Gasteiger partial charge in [-0.1, -0.05) is 18.2 Å². The molecule has 0 saturated carbocycles. The van der Waals surface area contributed by atoms with Crippen LogP contribution in [-0.4, -0.2) is 55.1 Å². The Bertz CT molecular complexity index is 1280. The second-order valence-electron chi connectivity index (χ2n) is 7.79. The van der Waals surface area contributed by atoms with Crippen molar-refractivity contribution in [3.8, 4) is 23.0 Å². The maximum absolute atomic E-state index is 12.6. The van der Waals surface area contributed by atoms with Crippen molar-refractivity contribution in [2.24, 2.45) is 0 Å². The van der Waals surface area contributed by atoms with E-state index in [-0.39, 0.29) is 12.5 Å². The first-order valence-electron chi connectivity index (χ1n) is 11.1. The van der Waals surface area contributed by atoms with Crippen molar-refractivity contribution >= 4 is 21.6 Å². The fourth-order valence-corrected chi connectivity index (χ4v) is 4.31. The number of hydrogen-bond donors (Lipinski definition) is 1. The monoisotopic (exact) mass is 514 g/mol. The second-order valence-corrected chi connectivity index (χ2v) is 9.69. The number of amides is 1. The summed E-state index contributed by atoms with van der Waals surface area (Å²) in [6.07, 6.45) is 1.13. The van der Waals surface area contributed by atoms with Crippen LogP contribution >= 0.6 is 0 Å². The maximum atomic E-state index is 12.6. The van der Waals surface area contributed by atoms with Gasteiger partial charge in [-0.15, -0.1) is 0 Å². The minimum absolute atomic E-state index is 0.0542. The van der Waals surface area contributed by atoms with Crippen molar-refractivity contribution in [2.45, 2.75) is 6.54 Å². The Kier molecular flexibility index (Phi) is 9.02. The van der Waals surface area contributed by atoms with Gasteiger partial charge in [-0.05, 0) is 42.0 Å². The van der Waals surface area contributed by atoms with Gasteiger partial charge in [0.05, 0.1) is 46.4 Å². The van der Waals surface area contributed by atoms with Crippen LogP contribution in [0.3, 0.4) is 0 Å². The molecule has 0 bridgehead atoms. The first kappa shape index (κ1) is 26.7. The number of benzene rings is 3. The Morgan fingerprint density at radius 3 is 2.17 bits per heavy atom. The van der Waals surface area contributed by atoms with Crippen LogP contribution in [0.5, 0.6) is 23.0 Å². The number of nitrogens with one attached hydrogen (secondary N) is 1. The molecule has 0 aliphatic heterocycles.